The van der Waals surface area contributed by atoms with Crippen molar-refractivity contribution in [2.75, 3.05) is 32.7 Å². The number of rotatable bonds is 5. The third-order valence-electron chi connectivity index (χ3n) is 2.33. The van der Waals surface area contributed by atoms with Gasteiger partial charge in [0.1, 0.15) is 0 Å². The first-order chi connectivity index (χ1) is 6.29. The summed E-state index contributed by atoms with van der Waals surface area (Å²) >= 11 is 0. The molecule has 1 heterocycles. The van der Waals surface area contributed by atoms with Crippen LogP contribution in [0.2, 0.25) is 0 Å². The van der Waals surface area contributed by atoms with Gasteiger partial charge in [-0.3, -0.25) is 4.79 Å². The molecule has 2 N–H and O–H groups in total. The minimum atomic E-state index is -0.779. The van der Waals surface area contributed by atoms with Crippen molar-refractivity contribution < 1.29 is 9.90 Å². The van der Waals surface area contributed by atoms with Crippen LogP contribution in [-0.4, -0.2) is 48.7 Å². The van der Waals surface area contributed by atoms with Gasteiger partial charge >= 0.3 is 5.97 Å². The normalized spacial score (nSPS) is 18.8. The average Bonchev–Trinajstić information content (AvgIpc) is 2.14. The first-order valence-electron chi connectivity index (χ1n) is 4.94. The third-order valence-corrected chi connectivity index (χ3v) is 2.33. The highest BCUT2D eigenvalue weighted by molar-refractivity contribution is 5.68. The van der Waals surface area contributed by atoms with Gasteiger partial charge in [0.15, 0.2) is 0 Å². The predicted molar refractivity (Wildman–Crippen MR) is 50.8 cm³/mol. The lowest BCUT2D eigenvalue weighted by atomic mass is 10.1. The summed E-state index contributed by atoms with van der Waals surface area (Å²) in [5.74, 6) is -0.779. The quantitative estimate of drug-likeness (QED) is 0.600. The van der Waals surface area contributed by atoms with E-state index < -0.39 is 5.97 Å². The van der Waals surface area contributed by atoms with Gasteiger partial charge in [0.2, 0.25) is 0 Å². The largest absolute Gasteiger partial charge is 0.480 e. The number of carbonyl (C=O) groups is 1. The fraction of sp³-hybridized carbons (Fsp3) is 0.889. The maximum Gasteiger partial charge on any atom is 0.317 e. The second-order valence-electron chi connectivity index (χ2n) is 3.47. The van der Waals surface area contributed by atoms with Gasteiger partial charge in [-0.05, 0) is 25.9 Å². The van der Waals surface area contributed by atoms with Gasteiger partial charge in [-0.1, -0.05) is 6.42 Å². The molecule has 1 aliphatic heterocycles. The Labute approximate surface area is 78.9 Å². The molecule has 0 amide bonds. The first-order valence-corrected chi connectivity index (χ1v) is 4.94. The summed E-state index contributed by atoms with van der Waals surface area (Å²) in [6, 6.07) is 0. The molecule has 1 saturated heterocycles. The fourth-order valence-electron chi connectivity index (χ4n) is 1.62. The van der Waals surface area contributed by atoms with Crippen molar-refractivity contribution in [2.24, 2.45) is 0 Å². The Kier molecular flexibility index (Phi) is 4.78. The second-order valence-corrected chi connectivity index (χ2v) is 3.47. The first kappa shape index (κ1) is 10.5. The van der Waals surface area contributed by atoms with Gasteiger partial charge in [0, 0.05) is 13.1 Å². The van der Waals surface area contributed by atoms with Crippen molar-refractivity contribution in [1.82, 2.24) is 10.2 Å². The summed E-state index contributed by atoms with van der Waals surface area (Å²) < 4.78 is 0. The number of nitrogens with zero attached hydrogens (tertiary/aromatic N) is 1. The van der Waals surface area contributed by atoms with Crippen molar-refractivity contribution in [2.45, 2.75) is 19.3 Å². The summed E-state index contributed by atoms with van der Waals surface area (Å²) in [5, 5.41) is 11.3. The molecule has 0 aliphatic carbocycles. The van der Waals surface area contributed by atoms with Gasteiger partial charge in [0.25, 0.3) is 0 Å². The van der Waals surface area contributed by atoms with Crippen LogP contribution < -0.4 is 5.32 Å². The Bertz CT molecular complexity index is 156. The maximum absolute atomic E-state index is 10.2. The lowest BCUT2D eigenvalue weighted by Crippen LogP contribution is -2.37. The minimum Gasteiger partial charge on any atom is -0.480 e. The lowest BCUT2D eigenvalue weighted by molar-refractivity contribution is -0.135. The van der Waals surface area contributed by atoms with Crippen LogP contribution in [0.1, 0.15) is 19.3 Å². The van der Waals surface area contributed by atoms with E-state index in [2.05, 4.69) is 10.2 Å². The van der Waals surface area contributed by atoms with Crippen LogP contribution in [0.4, 0.5) is 0 Å². The van der Waals surface area contributed by atoms with Gasteiger partial charge in [-0.25, -0.2) is 0 Å². The number of nitrogens with one attached hydrogen (secondary N) is 1. The highest BCUT2D eigenvalue weighted by Gasteiger charge is 2.08. The van der Waals surface area contributed by atoms with Crippen molar-refractivity contribution in [1.29, 1.82) is 0 Å². The SMILES string of the molecule is O=C(O)CNCCN1CCCCC1. The number of carboxylic acid groups (broad SMARTS) is 1. The Balaban J connectivity index is 1.95. The highest BCUT2D eigenvalue weighted by Crippen LogP contribution is 2.06. The van der Waals surface area contributed by atoms with Crippen LogP contribution in [0, 0.1) is 0 Å². The molecule has 0 bridgehead atoms. The Hall–Kier alpha value is -0.610. The van der Waals surface area contributed by atoms with Gasteiger partial charge < -0.3 is 15.3 Å². The zero-order chi connectivity index (χ0) is 9.52. The summed E-state index contributed by atoms with van der Waals surface area (Å²) in [6.45, 7) is 4.19. The molecule has 0 aromatic rings. The van der Waals surface area contributed by atoms with E-state index in [0.29, 0.717) is 0 Å². The molecule has 0 spiro atoms. The molecule has 13 heavy (non-hydrogen) atoms. The number of likely N-dealkylation sites (tertiary alicyclic amines) is 1. The van der Waals surface area contributed by atoms with Crippen LogP contribution in [0.3, 0.4) is 0 Å². The van der Waals surface area contributed by atoms with Crippen molar-refractivity contribution >= 4 is 5.97 Å². The molecule has 1 fully saturated rings. The lowest BCUT2D eigenvalue weighted by Gasteiger charge is -2.26. The van der Waals surface area contributed by atoms with Crippen molar-refractivity contribution in [3.05, 3.63) is 0 Å². The third kappa shape index (κ3) is 4.85. The summed E-state index contributed by atoms with van der Waals surface area (Å²) in [4.78, 5) is 12.6. The molecule has 0 unspecified atom stereocenters. The molecule has 1 rings (SSSR count). The van der Waals surface area contributed by atoms with E-state index in [1.54, 1.807) is 0 Å². The Morgan fingerprint density at radius 3 is 2.62 bits per heavy atom. The number of carboxylic acids is 1. The summed E-state index contributed by atoms with van der Waals surface area (Å²) in [7, 11) is 0. The molecule has 0 aromatic carbocycles. The maximum atomic E-state index is 10.2. The standard InChI is InChI=1S/C9H18N2O2/c12-9(13)8-10-4-7-11-5-2-1-3-6-11/h10H,1-8H2,(H,12,13). The van der Waals surface area contributed by atoms with Crippen LogP contribution >= 0.6 is 0 Å². The smallest absolute Gasteiger partial charge is 0.317 e. The molecule has 0 atom stereocenters. The van der Waals surface area contributed by atoms with Crippen molar-refractivity contribution in [3.63, 3.8) is 0 Å². The highest BCUT2D eigenvalue weighted by atomic mass is 16.4. The van der Waals surface area contributed by atoms with Gasteiger partial charge in [0.05, 0.1) is 6.54 Å². The minimum absolute atomic E-state index is 0.0772. The van der Waals surface area contributed by atoms with E-state index in [4.69, 9.17) is 5.11 Å². The molecular formula is C9H18N2O2. The molecule has 0 aromatic heterocycles. The molecule has 4 nitrogen and oxygen atoms in total. The Morgan fingerprint density at radius 1 is 1.31 bits per heavy atom. The number of aliphatic carboxylic acids is 1. The molecule has 1 aliphatic rings. The second kappa shape index (κ2) is 5.94. The summed E-state index contributed by atoms with van der Waals surface area (Å²) in [6.07, 6.45) is 3.93. The van der Waals surface area contributed by atoms with Gasteiger partial charge in [-0.2, -0.15) is 0 Å². The number of hydrogen-bond acceptors (Lipinski definition) is 3. The van der Waals surface area contributed by atoms with E-state index in [0.717, 1.165) is 13.1 Å². The topological polar surface area (TPSA) is 52.6 Å². The van der Waals surface area contributed by atoms with E-state index >= 15 is 0 Å². The summed E-state index contributed by atoms with van der Waals surface area (Å²) in [5.41, 5.74) is 0. The monoisotopic (exact) mass is 186 g/mol. The molecule has 76 valence electrons. The van der Waals surface area contributed by atoms with Gasteiger partial charge in [-0.15, -0.1) is 0 Å². The van der Waals surface area contributed by atoms with Crippen molar-refractivity contribution in [3.8, 4) is 0 Å². The molecule has 0 saturated carbocycles. The molecular weight excluding hydrogens is 168 g/mol. The van der Waals surface area contributed by atoms with E-state index in [9.17, 15) is 4.79 Å². The average molecular weight is 186 g/mol. The van der Waals surface area contributed by atoms with E-state index in [-0.39, 0.29) is 6.54 Å². The number of hydrogen-bond donors (Lipinski definition) is 2. The molecule has 4 heteroatoms. The fourth-order valence-corrected chi connectivity index (χ4v) is 1.62. The predicted octanol–water partition coefficient (Wildman–Crippen LogP) is 0.146. The van der Waals surface area contributed by atoms with Crippen LogP contribution in [-0.2, 0) is 4.79 Å². The Morgan fingerprint density at radius 2 is 2.00 bits per heavy atom. The number of piperidine rings is 1. The van der Waals surface area contributed by atoms with E-state index in [1.807, 2.05) is 0 Å². The zero-order valence-corrected chi connectivity index (χ0v) is 7.96. The van der Waals surface area contributed by atoms with Crippen LogP contribution in [0.15, 0.2) is 0 Å². The zero-order valence-electron chi connectivity index (χ0n) is 7.96. The van der Waals surface area contributed by atoms with Crippen LogP contribution in [0.25, 0.3) is 0 Å². The van der Waals surface area contributed by atoms with Crippen LogP contribution in [0.5, 0.6) is 0 Å². The van der Waals surface area contributed by atoms with E-state index in [1.165, 1.54) is 32.4 Å². The molecule has 0 radical (unpaired) electrons.